The zero-order chi connectivity index (χ0) is 16.3. The van der Waals surface area contributed by atoms with Crippen LogP contribution in [-0.2, 0) is 22.6 Å². The van der Waals surface area contributed by atoms with Crippen molar-refractivity contribution < 1.29 is 14.7 Å². The number of hydrogen-bond donors (Lipinski definition) is 2. The molecular weight excluding hydrogens is 312 g/mol. The summed E-state index contributed by atoms with van der Waals surface area (Å²) < 4.78 is 0. The van der Waals surface area contributed by atoms with Gasteiger partial charge in [-0.15, -0.1) is 11.3 Å². The van der Waals surface area contributed by atoms with Gasteiger partial charge in [-0.3, -0.25) is 9.59 Å². The third kappa shape index (κ3) is 3.75. The van der Waals surface area contributed by atoms with Gasteiger partial charge >= 0.3 is 0 Å². The number of aliphatic hydroxyl groups excluding tert-OH is 1. The molecule has 0 radical (unpaired) electrons. The molecule has 1 fully saturated rings. The highest BCUT2D eigenvalue weighted by Crippen LogP contribution is 2.29. The van der Waals surface area contributed by atoms with Crippen LogP contribution >= 0.6 is 11.3 Å². The van der Waals surface area contributed by atoms with E-state index in [1.165, 1.54) is 10.4 Å². The zero-order valence-corrected chi connectivity index (χ0v) is 14.2. The summed E-state index contributed by atoms with van der Waals surface area (Å²) in [6.45, 7) is 1.40. The SMILES string of the molecule is O=C(CCC(=O)N1CCc2sccc2C1)NC1(CO)CCCC1. The van der Waals surface area contributed by atoms with Gasteiger partial charge in [0.15, 0.2) is 0 Å². The minimum absolute atomic E-state index is 0.0141. The summed E-state index contributed by atoms with van der Waals surface area (Å²) in [6, 6.07) is 2.08. The lowest BCUT2D eigenvalue weighted by molar-refractivity contribution is -0.134. The van der Waals surface area contributed by atoms with E-state index in [0.29, 0.717) is 6.54 Å². The van der Waals surface area contributed by atoms with Crippen molar-refractivity contribution in [2.75, 3.05) is 13.2 Å². The third-order valence-corrected chi connectivity index (χ3v) is 6.02. The number of aliphatic hydroxyl groups is 1. The van der Waals surface area contributed by atoms with Crippen LogP contribution in [0.1, 0.15) is 49.0 Å². The molecule has 1 aromatic rings. The molecule has 126 valence electrons. The number of carbonyl (C=O) groups is 2. The van der Waals surface area contributed by atoms with Crippen LogP contribution in [0, 0.1) is 0 Å². The molecule has 0 spiro atoms. The Kier molecular flexibility index (Phi) is 5.02. The molecule has 2 heterocycles. The zero-order valence-electron chi connectivity index (χ0n) is 13.3. The highest BCUT2D eigenvalue weighted by Gasteiger charge is 2.34. The van der Waals surface area contributed by atoms with Crippen LogP contribution in [0.3, 0.4) is 0 Å². The maximum atomic E-state index is 12.3. The maximum Gasteiger partial charge on any atom is 0.223 e. The van der Waals surface area contributed by atoms with E-state index in [1.807, 2.05) is 4.90 Å². The van der Waals surface area contributed by atoms with Crippen molar-refractivity contribution in [2.24, 2.45) is 0 Å². The first kappa shape index (κ1) is 16.5. The van der Waals surface area contributed by atoms with E-state index in [9.17, 15) is 14.7 Å². The summed E-state index contributed by atoms with van der Waals surface area (Å²) in [6.07, 6.45) is 5.10. The average Bonchev–Trinajstić information content (AvgIpc) is 3.21. The first-order valence-corrected chi connectivity index (χ1v) is 9.25. The number of thiophene rings is 1. The highest BCUT2D eigenvalue weighted by atomic mass is 32.1. The van der Waals surface area contributed by atoms with Crippen LogP contribution in [0.15, 0.2) is 11.4 Å². The van der Waals surface area contributed by atoms with Crippen molar-refractivity contribution in [3.8, 4) is 0 Å². The normalized spacial score (nSPS) is 19.4. The summed E-state index contributed by atoms with van der Waals surface area (Å²) in [5.41, 5.74) is 0.792. The van der Waals surface area contributed by atoms with Crippen molar-refractivity contribution in [2.45, 2.75) is 57.0 Å². The Labute approximate surface area is 140 Å². The molecule has 0 aromatic carbocycles. The second kappa shape index (κ2) is 7.01. The first-order chi connectivity index (χ1) is 11.1. The molecular formula is C17H24N2O3S. The van der Waals surface area contributed by atoms with Crippen LogP contribution in [0.4, 0.5) is 0 Å². The molecule has 6 heteroatoms. The highest BCUT2D eigenvalue weighted by molar-refractivity contribution is 7.10. The lowest BCUT2D eigenvalue weighted by Gasteiger charge is -2.29. The molecule has 0 unspecified atom stereocenters. The van der Waals surface area contributed by atoms with E-state index in [-0.39, 0.29) is 31.3 Å². The molecule has 0 bridgehead atoms. The van der Waals surface area contributed by atoms with Crippen LogP contribution < -0.4 is 5.32 Å². The smallest absolute Gasteiger partial charge is 0.223 e. The van der Waals surface area contributed by atoms with E-state index in [0.717, 1.165) is 38.6 Å². The Morgan fingerprint density at radius 2 is 2.09 bits per heavy atom. The van der Waals surface area contributed by atoms with Crippen molar-refractivity contribution in [1.82, 2.24) is 10.2 Å². The summed E-state index contributed by atoms with van der Waals surface area (Å²) in [5.74, 6) is -0.0796. The molecule has 2 aliphatic rings. The Morgan fingerprint density at radius 1 is 1.30 bits per heavy atom. The van der Waals surface area contributed by atoms with Crippen molar-refractivity contribution in [3.63, 3.8) is 0 Å². The number of rotatable bonds is 5. The van der Waals surface area contributed by atoms with Gasteiger partial charge in [0.2, 0.25) is 11.8 Å². The summed E-state index contributed by atoms with van der Waals surface area (Å²) in [7, 11) is 0. The molecule has 0 saturated heterocycles. The maximum absolute atomic E-state index is 12.3. The lowest BCUT2D eigenvalue weighted by atomic mass is 9.98. The molecule has 3 rings (SSSR count). The number of fused-ring (bicyclic) bond motifs is 1. The summed E-state index contributed by atoms with van der Waals surface area (Å²) >= 11 is 1.75. The topological polar surface area (TPSA) is 69.6 Å². The van der Waals surface area contributed by atoms with Crippen LogP contribution in [0.5, 0.6) is 0 Å². The predicted molar refractivity (Wildman–Crippen MR) is 89.1 cm³/mol. The van der Waals surface area contributed by atoms with Crippen molar-refractivity contribution in [1.29, 1.82) is 0 Å². The van der Waals surface area contributed by atoms with Gasteiger partial charge in [0, 0.05) is 30.8 Å². The molecule has 23 heavy (non-hydrogen) atoms. The first-order valence-electron chi connectivity index (χ1n) is 8.37. The fourth-order valence-corrected chi connectivity index (χ4v) is 4.46. The molecule has 0 atom stereocenters. The lowest BCUT2D eigenvalue weighted by Crippen LogP contribution is -2.49. The quantitative estimate of drug-likeness (QED) is 0.862. The van der Waals surface area contributed by atoms with Gasteiger partial charge in [-0.05, 0) is 36.3 Å². The molecule has 2 amide bonds. The second-order valence-corrected chi connectivity index (χ2v) is 7.63. The van der Waals surface area contributed by atoms with E-state index in [2.05, 4.69) is 16.8 Å². The van der Waals surface area contributed by atoms with E-state index >= 15 is 0 Å². The Morgan fingerprint density at radius 3 is 2.83 bits per heavy atom. The van der Waals surface area contributed by atoms with Gasteiger partial charge in [0.1, 0.15) is 0 Å². The van der Waals surface area contributed by atoms with Crippen LogP contribution in [0.25, 0.3) is 0 Å². The van der Waals surface area contributed by atoms with Crippen molar-refractivity contribution >= 4 is 23.2 Å². The summed E-state index contributed by atoms with van der Waals surface area (Å²) in [5, 5.41) is 14.6. The minimum atomic E-state index is -0.448. The number of carbonyl (C=O) groups excluding carboxylic acids is 2. The van der Waals surface area contributed by atoms with Crippen molar-refractivity contribution in [3.05, 3.63) is 21.9 Å². The van der Waals surface area contributed by atoms with Gasteiger partial charge in [-0.2, -0.15) is 0 Å². The predicted octanol–water partition coefficient (Wildman–Crippen LogP) is 1.83. The number of nitrogens with zero attached hydrogens (tertiary/aromatic N) is 1. The minimum Gasteiger partial charge on any atom is -0.394 e. The van der Waals surface area contributed by atoms with E-state index in [4.69, 9.17) is 0 Å². The third-order valence-electron chi connectivity index (χ3n) is 4.99. The molecule has 1 aliphatic carbocycles. The van der Waals surface area contributed by atoms with Gasteiger partial charge in [0.25, 0.3) is 0 Å². The Bertz CT molecular complexity index is 578. The largest absolute Gasteiger partial charge is 0.394 e. The Balaban J connectivity index is 1.46. The fourth-order valence-electron chi connectivity index (χ4n) is 3.57. The number of hydrogen-bond acceptors (Lipinski definition) is 4. The van der Waals surface area contributed by atoms with Crippen LogP contribution in [-0.4, -0.2) is 40.5 Å². The molecule has 1 saturated carbocycles. The standard InChI is InChI=1S/C17H24N2O3S/c20-12-17(7-1-2-8-17)18-15(21)3-4-16(22)19-9-5-14-13(11-19)6-10-23-14/h6,10,20H,1-5,7-9,11-12H2,(H,18,21). The molecule has 1 aromatic heterocycles. The summed E-state index contributed by atoms with van der Waals surface area (Å²) in [4.78, 5) is 27.7. The fraction of sp³-hybridized carbons (Fsp3) is 0.647. The second-order valence-electron chi connectivity index (χ2n) is 6.63. The van der Waals surface area contributed by atoms with Crippen LogP contribution in [0.2, 0.25) is 0 Å². The van der Waals surface area contributed by atoms with Gasteiger partial charge in [-0.25, -0.2) is 0 Å². The molecule has 5 nitrogen and oxygen atoms in total. The average molecular weight is 336 g/mol. The van der Waals surface area contributed by atoms with Gasteiger partial charge in [0.05, 0.1) is 12.1 Å². The number of nitrogens with one attached hydrogen (secondary N) is 1. The molecule has 2 N–H and O–H groups in total. The van der Waals surface area contributed by atoms with Gasteiger partial charge in [-0.1, -0.05) is 12.8 Å². The molecule has 1 aliphatic heterocycles. The van der Waals surface area contributed by atoms with Gasteiger partial charge < -0.3 is 15.3 Å². The Hall–Kier alpha value is -1.40. The monoisotopic (exact) mass is 336 g/mol. The van der Waals surface area contributed by atoms with E-state index in [1.54, 1.807) is 11.3 Å². The number of amides is 2. The van der Waals surface area contributed by atoms with E-state index < -0.39 is 5.54 Å².